The van der Waals surface area contributed by atoms with Crippen molar-refractivity contribution in [1.29, 1.82) is 0 Å². The van der Waals surface area contributed by atoms with Gasteiger partial charge in [0.15, 0.2) is 0 Å². The summed E-state index contributed by atoms with van der Waals surface area (Å²) in [5.74, 6) is 0. The molecule has 84 valence electrons. The van der Waals surface area contributed by atoms with E-state index in [9.17, 15) is 0 Å². The topological polar surface area (TPSA) is 39.7 Å². The summed E-state index contributed by atoms with van der Waals surface area (Å²) in [4.78, 5) is 4.19. The van der Waals surface area contributed by atoms with E-state index in [1.165, 1.54) is 22.5 Å². The van der Waals surface area contributed by atoms with E-state index in [1.807, 2.05) is 11.3 Å². The second-order valence-electron chi connectivity index (χ2n) is 4.29. The molecule has 0 fully saturated rings. The summed E-state index contributed by atoms with van der Waals surface area (Å²) in [6, 6.07) is 4.32. The van der Waals surface area contributed by atoms with Gasteiger partial charge in [0.2, 0.25) is 0 Å². The molecular formula is C12H16N4. The molecule has 1 aromatic carbocycles. The molecule has 0 spiro atoms. The lowest BCUT2D eigenvalue weighted by Gasteiger charge is -2.19. The van der Waals surface area contributed by atoms with Crippen molar-refractivity contribution < 1.29 is 0 Å². The number of benzene rings is 1. The molecule has 3 rings (SSSR count). The van der Waals surface area contributed by atoms with Crippen LogP contribution in [0, 0.1) is 6.92 Å². The van der Waals surface area contributed by atoms with Crippen LogP contribution in [0.5, 0.6) is 0 Å². The largest absolute Gasteiger partial charge is 0.384 e. The molecule has 0 saturated carbocycles. The molecule has 0 atom stereocenters. The van der Waals surface area contributed by atoms with Crippen LogP contribution in [0.25, 0.3) is 0 Å². The average molecular weight is 216 g/mol. The fraction of sp³-hybridized carbons (Fsp3) is 0.417. The Kier molecular flexibility index (Phi) is 2.20. The van der Waals surface area contributed by atoms with Crippen LogP contribution in [-0.2, 0) is 6.42 Å². The van der Waals surface area contributed by atoms with Crippen molar-refractivity contribution in [2.24, 2.45) is 4.99 Å². The first-order valence-corrected chi connectivity index (χ1v) is 5.74. The van der Waals surface area contributed by atoms with Crippen molar-refractivity contribution in [1.82, 2.24) is 5.01 Å². The van der Waals surface area contributed by atoms with Crippen molar-refractivity contribution in [2.45, 2.75) is 13.3 Å². The van der Waals surface area contributed by atoms with Gasteiger partial charge in [0.1, 0.15) is 6.34 Å². The van der Waals surface area contributed by atoms with Crippen molar-refractivity contribution in [2.75, 3.05) is 30.4 Å². The minimum absolute atomic E-state index is 0.888. The molecular weight excluding hydrogens is 200 g/mol. The standard InChI is InChI=1S/C12H16N4/c1-9-2-3-11(10-4-5-14-12(9)10)15-16-7-6-13-8-16/h2-3,8,14-15H,4-7H2,1H3. The second-order valence-corrected chi connectivity index (χ2v) is 4.29. The summed E-state index contributed by atoms with van der Waals surface area (Å²) in [5.41, 5.74) is 8.66. The molecule has 16 heavy (non-hydrogen) atoms. The molecule has 0 radical (unpaired) electrons. The van der Waals surface area contributed by atoms with Gasteiger partial charge in [-0.1, -0.05) is 6.07 Å². The van der Waals surface area contributed by atoms with Gasteiger partial charge < -0.3 is 5.32 Å². The maximum atomic E-state index is 4.19. The molecule has 0 saturated heterocycles. The Morgan fingerprint density at radius 1 is 1.44 bits per heavy atom. The predicted octanol–water partition coefficient (Wildman–Crippen LogP) is 1.63. The summed E-state index contributed by atoms with van der Waals surface area (Å²) in [6.45, 7) is 5.04. The lowest BCUT2D eigenvalue weighted by atomic mass is 10.1. The molecule has 4 heteroatoms. The van der Waals surface area contributed by atoms with E-state index in [-0.39, 0.29) is 0 Å². The van der Waals surface area contributed by atoms with Gasteiger partial charge in [0, 0.05) is 17.8 Å². The first-order valence-electron chi connectivity index (χ1n) is 5.74. The van der Waals surface area contributed by atoms with Gasteiger partial charge in [-0.2, -0.15) is 0 Å². The van der Waals surface area contributed by atoms with E-state index >= 15 is 0 Å². The molecule has 0 unspecified atom stereocenters. The predicted molar refractivity (Wildman–Crippen MR) is 67.1 cm³/mol. The first-order chi connectivity index (χ1) is 7.84. The van der Waals surface area contributed by atoms with Gasteiger partial charge in [-0.25, -0.2) is 0 Å². The van der Waals surface area contributed by atoms with Crippen molar-refractivity contribution >= 4 is 17.7 Å². The highest BCUT2D eigenvalue weighted by atomic mass is 15.5. The number of hydrogen-bond donors (Lipinski definition) is 2. The minimum Gasteiger partial charge on any atom is -0.384 e. The molecule has 2 aliphatic rings. The summed E-state index contributed by atoms with van der Waals surface area (Å²) in [7, 11) is 0. The lowest BCUT2D eigenvalue weighted by molar-refractivity contribution is 0.557. The summed E-state index contributed by atoms with van der Waals surface area (Å²) in [5, 5.41) is 5.49. The van der Waals surface area contributed by atoms with Gasteiger partial charge in [0.05, 0.1) is 18.8 Å². The summed E-state index contributed by atoms with van der Waals surface area (Å²) >= 11 is 0. The van der Waals surface area contributed by atoms with Crippen LogP contribution < -0.4 is 10.7 Å². The third kappa shape index (κ3) is 1.50. The number of aryl methyl sites for hydroxylation is 1. The monoisotopic (exact) mass is 216 g/mol. The smallest absolute Gasteiger partial charge is 0.104 e. The molecule has 0 amide bonds. The fourth-order valence-electron chi connectivity index (χ4n) is 2.31. The van der Waals surface area contributed by atoms with Crippen molar-refractivity contribution in [3.63, 3.8) is 0 Å². The lowest BCUT2D eigenvalue weighted by Crippen LogP contribution is -2.27. The van der Waals surface area contributed by atoms with Crippen LogP contribution in [0.4, 0.5) is 11.4 Å². The highest BCUT2D eigenvalue weighted by Gasteiger charge is 2.17. The second kappa shape index (κ2) is 3.70. The van der Waals surface area contributed by atoms with E-state index in [2.05, 4.69) is 34.8 Å². The normalized spacial score (nSPS) is 17.4. The Hall–Kier alpha value is -1.71. The van der Waals surface area contributed by atoms with E-state index < -0.39 is 0 Å². The van der Waals surface area contributed by atoms with Crippen LogP contribution >= 0.6 is 0 Å². The highest BCUT2D eigenvalue weighted by molar-refractivity contribution is 5.73. The van der Waals surface area contributed by atoms with Crippen molar-refractivity contribution in [3.8, 4) is 0 Å². The SMILES string of the molecule is Cc1ccc(NN2C=NCC2)c2c1NCC2. The van der Waals surface area contributed by atoms with Crippen molar-refractivity contribution in [3.05, 3.63) is 23.3 Å². The zero-order valence-electron chi connectivity index (χ0n) is 9.45. The molecule has 0 aromatic heterocycles. The number of rotatable bonds is 2. The minimum atomic E-state index is 0.888. The van der Waals surface area contributed by atoms with Gasteiger partial charge in [-0.05, 0) is 25.0 Å². The van der Waals surface area contributed by atoms with Crippen LogP contribution in [0.3, 0.4) is 0 Å². The molecule has 1 aromatic rings. The number of hydrazine groups is 1. The highest BCUT2D eigenvalue weighted by Crippen LogP contribution is 2.32. The maximum Gasteiger partial charge on any atom is 0.104 e. The van der Waals surface area contributed by atoms with E-state index in [1.54, 1.807) is 0 Å². The van der Waals surface area contributed by atoms with Crippen LogP contribution in [0.2, 0.25) is 0 Å². The average Bonchev–Trinajstić information content (AvgIpc) is 2.92. The first kappa shape index (κ1) is 9.51. The van der Waals surface area contributed by atoms with Crippen LogP contribution in [-0.4, -0.2) is 31.0 Å². The third-order valence-corrected chi connectivity index (χ3v) is 3.15. The van der Waals surface area contributed by atoms with E-state index in [4.69, 9.17) is 0 Å². The Balaban J connectivity index is 1.90. The quantitative estimate of drug-likeness (QED) is 0.789. The number of nitrogens with one attached hydrogen (secondary N) is 2. The number of anilines is 2. The molecule has 2 N–H and O–H groups in total. The Morgan fingerprint density at radius 3 is 3.19 bits per heavy atom. The molecule has 2 heterocycles. The molecule has 2 aliphatic heterocycles. The molecule has 4 nitrogen and oxygen atoms in total. The maximum absolute atomic E-state index is 4.19. The number of aliphatic imine (C=N–C) groups is 1. The van der Waals surface area contributed by atoms with E-state index in [0.29, 0.717) is 0 Å². The van der Waals surface area contributed by atoms with Gasteiger partial charge in [-0.3, -0.25) is 15.4 Å². The molecule has 0 bridgehead atoms. The Morgan fingerprint density at radius 2 is 2.38 bits per heavy atom. The van der Waals surface area contributed by atoms with E-state index in [0.717, 1.165) is 26.1 Å². The summed E-state index contributed by atoms with van der Waals surface area (Å²) in [6.07, 6.45) is 2.97. The third-order valence-electron chi connectivity index (χ3n) is 3.15. The zero-order chi connectivity index (χ0) is 11.0. The van der Waals surface area contributed by atoms with Gasteiger partial charge in [0.25, 0.3) is 0 Å². The van der Waals surface area contributed by atoms with Crippen LogP contribution in [0.1, 0.15) is 11.1 Å². The van der Waals surface area contributed by atoms with Gasteiger partial charge >= 0.3 is 0 Å². The van der Waals surface area contributed by atoms with Gasteiger partial charge in [-0.15, -0.1) is 0 Å². The number of hydrogen-bond acceptors (Lipinski definition) is 4. The van der Waals surface area contributed by atoms with Crippen LogP contribution in [0.15, 0.2) is 17.1 Å². The zero-order valence-corrected chi connectivity index (χ0v) is 9.45. The number of fused-ring (bicyclic) bond motifs is 1. The Labute approximate surface area is 95.3 Å². The Bertz CT molecular complexity index is 439. The molecule has 0 aliphatic carbocycles. The fourth-order valence-corrected chi connectivity index (χ4v) is 2.31. The number of nitrogens with zero attached hydrogens (tertiary/aromatic N) is 2. The summed E-state index contributed by atoms with van der Waals surface area (Å²) < 4.78 is 0.